The van der Waals surface area contributed by atoms with Crippen molar-refractivity contribution in [3.8, 4) is 12.8 Å². The van der Waals surface area contributed by atoms with Crippen LogP contribution in [0.25, 0.3) is 0 Å². The molecule has 0 saturated heterocycles. The minimum atomic E-state index is -0.857. The van der Waals surface area contributed by atoms with Crippen LogP contribution in [-0.2, 0) is 9.53 Å². The van der Waals surface area contributed by atoms with Gasteiger partial charge in [-0.2, -0.15) is 0 Å². The van der Waals surface area contributed by atoms with Crippen LogP contribution in [-0.4, -0.2) is 46.0 Å². The van der Waals surface area contributed by atoms with Gasteiger partial charge in [-0.15, -0.1) is 24.6 Å². The highest BCUT2D eigenvalue weighted by Gasteiger charge is 2.61. The Balaban J connectivity index is 0.00000158. The van der Waals surface area contributed by atoms with Crippen LogP contribution < -0.4 is 0 Å². The fourth-order valence-corrected chi connectivity index (χ4v) is 6.61. The largest absolute Gasteiger partial charge is 0.392 e. The number of ether oxygens (including phenoxy) is 1. The van der Waals surface area contributed by atoms with E-state index in [2.05, 4.69) is 33.6 Å². The molecule has 2 bridgehead atoms. The minimum absolute atomic E-state index is 0.0555. The highest BCUT2D eigenvalue weighted by molar-refractivity contribution is 7.98. The number of rotatable bonds is 3. The van der Waals surface area contributed by atoms with E-state index in [1.54, 1.807) is 11.8 Å². The van der Waals surface area contributed by atoms with Crippen molar-refractivity contribution in [1.82, 2.24) is 0 Å². The van der Waals surface area contributed by atoms with Crippen molar-refractivity contribution in [2.24, 2.45) is 22.7 Å². The SMILES string of the molecule is C#C.CC.CC.CSCO[C@H]1CC2C[C@]3(O)CCC(C)=C([C@@H](C)C(=O)[C@]2(C)[C@H](O)C1)C3(C)C. The summed E-state index contributed by atoms with van der Waals surface area (Å²) in [5.41, 5.74) is 0.201. The zero-order valence-corrected chi connectivity index (χ0v) is 23.6. The molecule has 3 aliphatic carbocycles. The molecule has 6 atom stereocenters. The van der Waals surface area contributed by atoms with Gasteiger partial charge in [0.05, 0.1) is 29.2 Å². The van der Waals surface area contributed by atoms with Crippen LogP contribution in [0.2, 0.25) is 0 Å². The normalized spacial score (nSPS) is 36.8. The maximum atomic E-state index is 13.7. The van der Waals surface area contributed by atoms with Gasteiger partial charge in [0.25, 0.3) is 0 Å². The summed E-state index contributed by atoms with van der Waals surface area (Å²) in [6, 6.07) is 0. The molecule has 0 radical (unpaired) electrons. The van der Waals surface area contributed by atoms with E-state index in [1.807, 2.05) is 47.8 Å². The summed E-state index contributed by atoms with van der Waals surface area (Å²) in [7, 11) is 0. The zero-order valence-electron chi connectivity index (χ0n) is 22.8. The van der Waals surface area contributed by atoms with Crippen LogP contribution in [0.4, 0.5) is 0 Å². The number of carbonyl (C=O) groups is 1. The summed E-state index contributed by atoms with van der Waals surface area (Å²) in [5.74, 6) is 0.368. The predicted octanol–water partition coefficient (Wildman–Crippen LogP) is 6.25. The Kier molecular flexibility index (Phi) is 13.0. The number of ketones is 1. The highest BCUT2D eigenvalue weighted by atomic mass is 32.2. The van der Waals surface area contributed by atoms with Gasteiger partial charge in [0.1, 0.15) is 5.78 Å². The van der Waals surface area contributed by atoms with E-state index in [0.29, 0.717) is 18.8 Å². The van der Waals surface area contributed by atoms with Gasteiger partial charge in [0, 0.05) is 17.8 Å². The van der Waals surface area contributed by atoms with Gasteiger partial charge in [0.2, 0.25) is 0 Å². The van der Waals surface area contributed by atoms with Gasteiger partial charge < -0.3 is 14.9 Å². The Morgan fingerprint density at radius 1 is 1.12 bits per heavy atom. The number of terminal acetylenes is 1. The summed E-state index contributed by atoms with van der Waals surface area (Å²) in [6.45, 7) is 18.2. The molecule has 33 heavy (non-hydrogen) atoms. The van der Waals surface area contributed by atoms with Gasteiger partial charge in [-0.3, -0.25) is 4.79 Å². The van der Waals surface area contributed by atoms with Crippen molar-refractivity contribution in [3.05, 3.63) is 11.1 Å². The Hall–Kier alpha value is -0.800. The molecule has 3 rings (SSSR count). The van der Waals surface area contributed by atoms with Gasteiger partial charge in [-0.1, -0.05) is 59.6 Å². The molecule has 0 aromatic carbocycles. The summed E-state index contributed by atoms with van der Waals surface area (Å²) in [5, 5.41) is 22.9. The Bertz CT molecular complexity index is 683. The first-order valence-corrected chi connectivity index (χ1v) is 14.0. The molecule has 0 amide bonds. The summed E-state index contributed by atoms with van der Waals surface area (Å²) < 4.78 is 5.94. The van der Waals surface area contributed by atoms with Gasteiger partial charge >= 0.3 is 0 Å². The molecule has 2 fully saturated rings. The number of fused-ring (bicyclic) bond motifs is 3. The third-order valence-corrected chi connectivity index (χ3v) is 8.52. The number of thioether (sulfide) groups is 1. The molecule has 0 heterocycles. The second-order valence-electron chi connectivity index (χ2n) is 9.80. The maximum absolute atomic E-state index is 13.7. The molecule has 0 spiro atoms. The van der Waals surface area contributed by atoms with Crippen LogP contribution in [0, 0.1) is 35.5 Å². The zero-order chi connectivity index (χ0) is 26.2. The number of hydrogen-bond acceptors (Lipinski definition) is 5. The first-order valence-electron chi connectivity index (χ1n) is 12.6. The van der Waals surface area contributed by atoms with E-state index in [4.69, 9.17) is 4.74 Å². The minimum Gasteiger partial charge on any atom is -0.392 e. The second-order valence-corrected chi connectivity index (χ2v) is 10.6. The number of hydrogen-bond donors (Lipinski definition) is 2. The molecule has 0 aromatic heterocycles. The van der Waals surface area contributed by atoms with Crippen LogP contribution in [0.5, 0.6) is 0 Å². The molecule has 4 nitrogen and oxygen atoms in total. The van der Waals surface area contributed by atoms with E-state index in [-0.39, 0.29) is 23.7 Å². The standard InChI is InChI=1S/C22H36O4S.2C2H6.C2H2/c1-13-7-8-22(25)11-15-9-16(26-12-27-6)10-17(23)21(15,5)19(24)14(2)18(13)20(22,3)4;3*1-2/h14-17,23,25H,7-12H2,1-6H3;2*1-2H3;1-2H/t14-,15?,16+,17-,21+,22-;;;/m1.../s1. The molecule has 0 aliphatic heterocycles. The fraction of sp³-hybridized carbons (Fsp3) is 0.821. The van der Waals surface area contributed by atoms with Crippen molar-refractivity contribution >= 4 is 17.5 Å². The van der Waals surface area contributed by atoms with Crippen LogP contribution >= 0.6 is 11.8 Å². The number of carbonyl (C=O) groups excluding carboxylic acids is 1. The first-order chi connectivity index (χ1) is 15.5. The lowest BCUT2D eigenvalue weighted by Crippen LogP contribution is -2.61. The smallest absolute Gasteiger partial charge is 0.148 e. The molecule has 0 aromatic rings. The lowest BCUT2D eigenvalue weighted by Gasteiger charge is -2.58. The Labute approximate surface area is 208 Å². The van der Waals surface area contributed by atoms with E-state index in [0.717, 1.165) is 24.8 Å². The summed E-state index contributed by atoms with van der Waals surface area (Å²) >= 11 is 1.62. The van der Waals surface area contributed by atoms with E-state index in [1.165, 1.54) is 5.57 Å². The van der Waals surface area contributed by atoms with E-state index < -0.39 is 22.5 Å². The molecule has 1 unspecified atom stereocenters. The highest BCUT2D eigenvalue weighted by Crippen LogP contribution is 2.59. The third kappa shape index (κ3) is 5.89. The quantitative estimate of drug-likeness (QED) is 0.283. The van der Waals surface area contributed by atoms with Crippen molar-refractivity contribution in [2.45, 2.75) is 112 Å². The lowest BCUT2D eigenvalue weighted by atomic mass is 9.48. The molecule has 5 heteroatoms. The van der Waals surface area contributed by atoms with Crippen LogP contribution in [0.1, 0.15) is 94.4 Å². The lowest BCUT2D eigenvalue weighted by molar-refractivity contribution is -0.173. The van der Waals surface area contributed by atoms with E-state index in [9.17, 15) is 15.0 Å². The first kappa shape index (κ1) is 32.2. The van der Waals surface area contributed by atoms with E-state index >= 15 is 0 Å². The molecular formula is C28H50O4S. The Morgan fingerprint density at radius 3 is 2.18 bits per heavy atom. The number of aliphatic hydroxyl groups excluding tert-OH is 1. The summed E-state index contributed by atoms with van der Waals surface area (Å²) in [6.07, 6.45) is 12.5. The van der Waals surface area contributed by atoms with Crippen molar-refractivity contribution in [1.29, 1.82) is 0 Å². The molecule has 2 saturated carbocycles. The molecular weight excluding hydrogens is 432 g/mol. The van der Waals surface area contributed by atoms with Crippen LogP contribution in [0.3, 0.4) is 0 Å². The third-order valence-electron chi connectivity index (χ3n) is 8.15. The van der Waals surface area contributed by atoms with Gasteiger partial charge in [-0.25, -0.2) is 0 Å². The van der Waals surface area contributed by atoms with Crippen molar-refractivity contribution in [2.75, 3.05) is 12.2 Å². The van der Waals surface area contributed by atoms with Gasteiger partial charge in [-0.05, 0) is 51.7 Å². The summed E-state index contributed by atoms with van der Waals surface area (Å²) in [4.78, 5) is 13.7. The van der Waals surface area contributed by atoms with Crippen LogP contribution in [0.15, 0.2) is 11.1 Å². The van der Waals surface area contributed by atoms with Crippen molar-refractivity contribution < 1.29 is 19.7 Å². The average molecular weight is 483 g/mol. The Morgan fingerprint density at radius 2 is 1.67 bits per heavy atom. The maximum Gasteiger partial charge on any atom is 0.148 e. The number of allylic oxidation sites excluding steroid dienone is 1. The number of aliphatic hydroxyl groups is 2. The number of Topliss-reactive ketones (excluding diaryl/α,β-unsaturated/α-hetero) is 1. The second kappa shape index (κ2) is 13.3. The predicted molar refractivity (Wildman–Crippen MR) is 142 cm³/mol. The topological polar surface area (TPSA) is 66.8 Å². The molecule has 3 aliphatic rings. The molecule has 2 N–H and O–H groups in total. The fourth-order valence-electron chi connectivity index (χ4n) is 6.28. The molecule has 192 valence electrons. The van der Waals surface area contributed by atoms with Gasteiger partial charge in [0.15, 0.2) is 0 Å². The average Bonchev–Trinajstić information content (AvgIpc) is 2.81. The van der Waals surface area contributed by atoms with Crippen molar-refractivity contribution in [3.63, 3.8) is 0 Å². The monoisotopic (exact) mass is 482 g/mol.